The van der Waals surface area contributed by atoms with E-state index in [0.29, 0.717) is 0 Å². The van der Waals surface area contributed by atoms with Crippen LogP contribution < -0.4 is 5.32 Å². The zero-order chi connectivity index (χ0) is 16.2. The van der Waals surface area contributed by atoms with E-state index in [1.54, 1.807) is 11.8 Å². The Hall–Kier alpha value is -2.04. The van der Waals surface area contributed by atoms with Gasteiger partial charge < -0.3 is 10.2 Å². The summed E-state index contributed by atoms with van der Waals surface area (Å²) in [5.74, 6) is 0.113. The molecular weight excluding hydrogens is 304 g/mol. The van der Waals surface area contributed by atoms with Gasteiger partial charge >= 0.3 is 0 Å². The van der Waals surface area contributed by atoms with Crippen LogP contribution in [0.1, 0.15) is 15.9 Å². The maximum Gasteiger partial charge on any atom is 0.202 e. The number of rotatable bonds is 5. The first-order chi connectivity index (χ1) is 11.2. The van der Waals surface area contributed by atoms with Gasteiger partial charge in [-0.1, -0.05) is 54.2 Å². The maximum atomic E-state index is 12.8. The molecule has 3 nitrogen and oxygen atoms in total. The second kappa shape index (κ2) is 7.02. The van der Waals surface area contributed by atoms with E-state index in [-0.39, 0.29) is 5.78 Å². The van der Waals surface area contributed by atoms with Gasteiger partial charge in [0, 0.05) is 23.5 Å². The number of allylic oxidation sites excluding steroid dienone is 1. The Morgan fingerprint density at radius 3 is 2.43 bits per heavy atom. The predicted molar refractivity (Wildman–Crippen MR) is 96.5 cm³/mol. The predicted octanol–water partition coefficient (Wildman–Crippen LogP) is 3.50. The molecule has 0 unspecified atom stereocenters. The van der Waals surface area contributed by atoms with Gasteiger partial charge in [0.15, 0.2) is 0 Å². The van der Waals surface area contributed by atoms with Gasteiger partial charge in [-0.05, 0) is 31.8 Å². The molecular formula is C19H20N2OS. The van der Waals surface area contributed by atoms with Crippen molar-refractivity contribution < 1.29 is 4.79 Å². The molecule has 3 rings (SSSR count). The third kappa shape index (κ3) is 3.49. The van der Waals surface area contributed by atoms with Crippen LogP contribution in [0.2, 0.25) is 0 Å². The molecule has 0 saturated heterocycles. The van der Waals surface area contributed by atoms with Crippen LogP contribution in [0.3, 0.4) is 0 Å². The Morgan fingerprint density at radius 2 is 1.74 bits per heavy atom. The summed E-state index contributed by atoms with van der Waals surface area (Å²) in [6.45, 7) is 1.71. The number of carbonyl (C=O) groups is 1. The molecule has 0 amide bonds. The van der Waals surface area contributed by atoms with Crippen molar-refractivity contribution in [2.75, 3.05) is 27.2 Å². The van der Waals surface area contributed by atoms with E-state index in [9.17, 15) is 4.79 Å². The number of nitrogens with one attached hydrogen (secondary N) is 1. The Labute approximate surface area is 141 Å². The normalized spacial score (nSPS) is 15.7. The first-order valence-corrected chi connectivity index (χ1v) is 8.48. The van der Waals surface area contributed by atoms with Crippen molar-refractivity contribution in [1.29, 1.82) is 0 Å². The number of benzene rings is 2. The molecule has 0 bridgehead atoms. The number of fused-ring (bicyclic) bond motifs is 1. The van der Waals surface area contributed by atoms with Crippen molar-refractivity contribution in [3.63, 3.8) is 0 Å². The molecule has 0 radical (unpaired) electrons. The fourth-order valence-electron chi connectivity index (χ4n) is 2.51. The minimum Gasteiger partial charge on any atom is -0.382 e. The molecule has 4 heteroatoms. The zero-order valence-corrected chi connectivity index (χ0v) is 14.2. The zero-order valence-electron chi connectivity index (χ0n) is 13.4. The van der Waals surface area contributed by atoms with Gasteiger partial charge in [0.05, 0.1) is 10.6 Å². The number of thioether (sulfide) groups is 1. The van der Waals surface area contributed by atoms with Crippen LogP contribution in [0.5, 0.6) is 0 Å². The molecule has 0 aliphatic carbocycles. The Morgan fingerprint density at radius 1 is 1.04 bits per heavy atom. The lowest BCUT2D eigenvalue weighted by Gasteiger charge is -2.16. The molecule has 2 aromatic carbocycles. The molecule has 0 atom stereocenters. The highest BCUT2D eigenvalue weighted by Gasteiger charge is 2.28. The summed E-state index contributed by atoms with van der Waals surface area (Å²) >= 11 is 1.56. The largest absolute Gasteiger partial charge is 0.382 e. The molecule has 118 valence electrons. The van der Waals surface area contributed by atoms with Crippen molar-refractivity contribution in [3.8, 4) is 0 Å². The number of nitrogens with zero attached hydrogens (tertiary/aromatic N) is 1. The lowest BCUT2D eigenvalue weighted by atomic mass is 10.1. The second-order valence-electron chi connectivity index (χ2n) is 5.73. The van der Waals surface area contributed by atoms with Gasteiger partial charge in [0.2, 0.25) is 5.78 Å². The topological polar surface area (TPSA) is 32.3 Å². The fourth-order valence-corrected chi connectivity index (χ4v) is 3.64. The minimum atomic E-state index is 0.113. The van der Waals surface area contributed by atoms with E-state index in [1.807, 2.05) is 68.7 Å². The summed E-state index contributed by atoms with van der Waals surface area (Å²) in [7, 11) is 4.09. The van der Waals surface area contributed by atoms with Crippen molar-refractivity contribution in [2.24, 2.45) is 0 Å². The summed E-state index contributed by atoms with van der Waals surface area (Å²) in [4.78, 5) is 16.7. The summed E-state index contributed by atoms with van der Waals surface area (Å²) < 4.78 is 0. The number of carbonyl (C=O) groups excluding carboxylic acids is 1. The van der Waals surface area contributed by atoms with Crippen molar-refractivity contribution >= 4 is 23.2 Å². The highest BCUT2D eigenvalue weighted by Crippen LogP contribution is 2.42. The summed E-state index contributed by atoms with van der Waals surface area (Å²) in [5, 5.41) is 3.47. The number of ketones is 1. The number of likely N-dealkylation sites (N-methyl/N-ethyl adjacent to an activating group) is 1. The number of hydrogen-bond acceptors (Lipinski definition) is 4. The monoisotopic (exact) mass is 324 g/mol. The van der Waals surface area contributed by atoms with Gasteiger partial charge in [0.1, 0.15) is 0 Å². The molecule has 23 heavy (non-hydrogen) atoms. The van der Waals surface area contributed by atoms with Crippen LogP contribution >= 0.6 is 11.8 Å². The van der Waals surface area contributed by atoms with Crippen LogP contribution in [0.4, 0.5) is 0 Å². The number of hydrogen-bond donors (Lipinski definition) is 1. The van der Waals surface area contributed by atoms with Crippen molar-refractivity contribution in [2.45, 2.75) is 4.90 Å². The average Bonchev–Trinajstić information content (AvgIpc) is 2.89. The molecule has 1 aliphatic heterocycles. The second-order valence-corrected chi connectivity index (χ2v) is 6.78. The quantitative estimate of drug-likeness (QED) is 0.853. The number of Topliss-reactive ketones (excluding diaryl/α,β-unsaturated/α-hetero) is 1. The van der Waals surface area contributed by atoms with Crippen LogP contribution in [-0.4, -0.2) is 37.9 Å². The first kappa shape index (κ1) is 15.8. The molecule has 0 fully saturated rings. The van der Waals surface area contributed by atoms with Gasteiger partial charge in [-0.2, -0.15) is 0 Å². The smallest absolute Gasteiger partial charge is 0.202 e. The Balaban J connectivity index is 1.97. The molecule has 1 N–H and O–H groups in total. The molecule has 0 saturated carbocycles. The van der Waals surface area contributed by atoms with E-state index in [4.69, 9.17) is 0 Å². The van der Waals surface area contributed by atoms with Gasteiger partial charge in [-0.3, -0.25) is 4.79 Å². The molecule has 2 aromatic rings. The Kier molecular flexibility index (Phi) is 4.84. The minimum absolute atomic E-state index is 0.113. The van der Waals surface area contributed by atoms with Crippen LogP contribution in [0.15, 0.2) is 64.4 Å². The molecule has 1 heterocycles. The van der Waals surface area contributed by atoms with Crippen LogP contribution in [-0.2, 0) is 0 Å². The van der Waals surface area contributed by atoms with Gasteiger partial charge in [0.25, 0.3) is 0 Å². The maximum absolute atomic E-state index is 12.8. The van der Waals surface area contributed by atoms with E-state index >= 15 is 0 Å². The highest BCUT2D eigenvalue weighted by atomic mass is 32.2. The molecule has 0 aromatic heterocycles. The van der Waals surface area contributed by atoms with Crippen LogP contribution in [0.25, 0.3) is 5.70 Å². The van der Waals surface area contributed by atoms with E-state index in [2.05, 4.69) is 10.2 Å². The van der Waals surface area contributed by atoms with Gasteiger partial charge in [-0.15, -0.1) is 0 Å². The standard InChI is InChI=1S/C19H20N2OS/c1-21(2)13-12-20-17(14-8-4-3-5-9-14)19-18(22)15-10-6-7-11-16(15)23-19/h3-11,20H,12-13H2,1-2H3. The molecule has 0 spiro atoms. The van der Waals surface area contributed by atoms with Crippen LogP contribution in [0, 0.1) is 0 Å². The van der Waals surface area contributed by atoms with Gasteiger partial charge in [-0.25, -0.2) is 0 Å². The molecule has 1 aliphatic rings. The third-order valence-electron chi connectivity index (χ3n) is 3.70. The van der Waals surface area contributed by atoms with Crippen molar-refractivity contribution in [3.05, 3.63) is 70.6 Å². The summed E-state index contributed by atoms with van der Waals surface area (Å²) in [6, 6.07) is 17.9. The van der Waals surface area contributed by atoms with Crippen molar-refractivity contribution in [1.82, 2.24) is 10.2 Å². The average molecular weight is 324 g/mol. The first-order valence-electron chi connectivity index (χ1n) is 7.66. The Bertz CT molecular complexity index is 738. The van der Waals surface area contributed by atoms with E-state index in [0.717, 1.165) is 39.7 Å². The fraction of sp³-hybridized carbons (Fsp3) is 0.211. The highest BCUT2D eigenvalue weighted by molar-refractivity contribution is 8.05. The summed E-state index contributed by atoms with van der Waals surface area (Å²) in [6.07, 6.45) is 0. The SMILES string of the molecule is CN(C)CCNC(=C1Sc2ccccc2C1=O)c1ccccc1. The lowest BCUT2D eigenvalue weighted by Crippen LogP contribution is -2.26. The van der Waals surface area contributed by atoms with E-state index < -0.39 is 0 Å². The third-order valence-corrected chi connectivity index (χ3v) is 4.87. The lowest BCUT2D eigenvalue weighted by molar-refractivity contribution is 0.104. The summed E-state index contributed by atoms with van der Waals surface area (Å²) in [5.41, 5.74) is 2.78. The van der Waals surface area contributed by atoms with E-state index in [1.165, 1.54) is 0 Å².